The molecule has 0 fully saturated rings. The Morgan fingerprint density at radius 2 is 1.95 bits per heavy atom. The molecule has 5 heteroatoms. The molecule has 3 N–H and O–H groups in total. The Morgan fingerprint density at radius 1 is 1.37 bits per heavy atom. The maximum atomic E-state index is 9.68. The minimum atomic E-state index is -0.687. The predicted octanol–water partition coefficient (Wildman–Crippen LogP) is 1.40. The summed E-state index contributed by atoms with van der Waals surface area (Å²) in [5.41, 5.74) is 5.67. The van der Waals surface area contributed by atoms with E-state index in [4.69, 9.17) is 22.7 Å². The summed E-state index contributed by atoms with van der Waals surface area (Å²) < 4.78 is 5.62. The van der Waals surface area contributed by atoms with Crippen molar-refractivity contribution in [3.63, 3.8) is 0 Å². The number of nitrogens with two attached hydrogens (primary N) is 1. The van der Waals surface area contributed by atoms with E-state index in [-0.39, 0.29) is 0 Å². The molecule has 4 nitrogen and oxygen atoms in total. The number of nitrogens with zero attached hydrogens (tertiary/aromatic N) is 1. The third kappa shape index (κ3) is 6.52. The fraction of sp³-hybridized carbons (Fsp3) is 0.500. The molecular formula is C14H22N2O2S. The molecule has 1 aromatic rings. The lowest BCUT2D eigenvalue weighted by atomic mass is 10.1. The summed E-state index contributed by atoms with van der Waals surface area (Å²) in [5, 5.41) is 9.68. The molecule has 0 unspecified atom stereocenters. The van der Waals surface area contributed by atoms with Crippen LogP contribution in [0, 0.1) is 0 Å². The third-order valence-corrected chi connectivity index (χ3v) is 2.77. The first-order chi connectivity index (χ1) is 8.78. The van der Waals surface area contributed by atoms with E-state index in [0.29, 0.717) is 18.1 Å². The largest absolute Gasteiger partial charge is 0.492 e. The molecule has 0 radical (unpaired) electrons. The van der Waals surface area contributed by atoms with Crippen LogP contribution in [0.2, 0.25) is 0 Å². The van der Waals surface area contributed by atoms with Gasteiger partial charge in [-0.2, -0.15) is 0 Å². The standard InChI is InChI=1S/C14H22N2O2S/c1-14(2,17)10-16(3)8-9-18-12-6-4-11(5-7-12)13(15)19/h4-7,17H,8-10H2,1-3H3,(H2,15,19). The molecule has 0 spiro atoms. The van der Waals surface area contributed by atoms with Crippen LogP contribution in [0.15, 0.2) is 24.3 Å². The van der Waals surface area contributed by atoms with Gasteiger partial charge in [-0.3, -0.25) is 0 Å². The molecule has 0 aliphatic heterocycles. The highest BCUT2D eigenvalue weighted by molar-refractivity contribution is 7.80. The Hall–Kier alpha value is -1.17. The first-order valence-electron chi connectivity index (χ1n) is 6.21. The monoisotopic (exact) mass is 282 g/mol. The first-order valence-corrected chi connectivity index (χ1v) is 6.62. The van der Waals surface area contributed by atoms with E-state index >= 15 is 0 Å². The maximum absolute atomic E-state index is 9.68. The zero-order valence-electron chi connectivity index (χ0n) is 11.7. The lowest BCUT2D eigenvalue weighted by Crippen LogP contribution is -2.38. The van der Waals surface area contributed by atoms with Crippen LogP contribution in [0.4, 0.5) is 0 Å². The summed E-state index contributed by atoms with van der Waals surface area (Å²) >= 11 is 4.88. The minimum Gasteiger partial charge on any atom is -0.492 e. The molecule has 0 bridgehead atoms. The van der Waals surface area contributed by atoms with Crippen molar-refractivity contribution in [2.45, 2.75) is 19.4 Å². The molecule has 0 heterocycles. The Kier molecular flexibility index (Phi) is 5.72. The predicted molar refractivity (Wildman–Crippen MR) is 81.6 cm³/mol. The zero-order chi connectivity index (χ0) is 14.5. The summed E-state index contributed by atoms with van der Waals surface area (Å²) in [7, 11) is 1.96. The molecule has 0 aromatic heterocycles. The van der Waals surface area contributed by atoms with Crippen molar-refractivity contribution in [2.24, 2.45) is 5.73 Å². The summed E-state index contributed by atoms with van der Waals surface area (Å²) in [4.78, 5) is 2.42. The van der Waals surface area contributed by atoms with Gasteiger partial charge in [0, 0.05) is 18.7 Å². The average molecular weight is 282 g/mol. The second-order valence-corrected chi connectivity index (χ2v) is 5.73. The van der Waals surface area contributed by atoms with Crippen LogP contribution in [-0.4, -0.2) is 47.3 Å². The van der Waals surface area contributed by atoms with Crippen LogP contribution < -0.4 is 10.5 Å². The van der Waals surface area contributed by atoms with Crippen molar-refractivity contribution in [2.75, 3.05) is 26.7 Å². The normalized spacial score (nSPS) is 11.6. The van der Waals surface area contributed by atoms with E-state index in [1.807, 2.05) is 36.2 Å². The van der Waals surface area contributed by atoms with Crippen molar-refractivity contribution < 1.29 is 9.84 Å². The number of rotatable bonds is 7. The van der Waals surface area contributed by atoms with Crippen molar-refractivity contribution in [3.8, 4) is 5.75 Å². The molecular weight excluding hydrogens is 260 g/mol. The highest BCUT2D eigenvalue weighted by atomic mass is 32.1. The third-order valence-electron chi connectivity index (χ3n) is 2.54. The highest BCUT2D eigenvalue weighted by Gasteiger charge is 2.15. The van der Waals surface area contributed by atoms with Crippen molar-refractivity contribution >= 4 is 17.2 Å². The first kappa shape index (κ1) is 15.9. The fourth-order valence-corrected chi connectivity index (χ4v) is 1.91. The van der Waals surface area contributed by atoms with Crippen molar-refractivity contribution in [1.82, 2.24) is 4.90 Å². The van der Waals surface area contributed by atoms with E-state index in [1.165, 1.54) is 0 Å². The topological polar surface area (TPSA) is 58.7 Å². The molecule has 106 valence electrons. The number of likely N-dealkylation sites (N-methyl/N-ethyl adjacent to an activating group) is 1. The van der Waals surface area contributed by atoms with Gasteiger partial charge in [0.15, 0.2) is 0 Å². The summed E-state index contributed by atoms with van der Waals surface area (Å²) in [5.74, 6) is 0.789. The van der Waals surface area contributed by atoms with E-state index < -0.39 is 5.60 Å². The van der Waals surface area contributed by atoms with Crippen LogP contribution >= 0.6 is 12.2 Å². The van der Waals surface area contributed by atoms with Gasteiger partial charge in [0.25, 0.3) is 0 Å². The summed E-state index contributed by atoms with van der Waals surface area (Å²) in [6.45, 7) is 5.51. The maximum Gasteiger partial charge on any atom is 0.119 e. The van der Waals surface area contributed by atoms with Gasteiger partial charge in [-0.05, 0) is 45.2 Å². The molecule has 0 aliphatic rings. The van der Waals surface area contributed by atoms with Gasteiger partial charge >= 0.3 is 0 Å². The van der Waals surface area contributed by atoms with Gasteiger partial charge in [-0.15, -0.1) is 0 Å². The van der Waals surface area contributed by atoms with Crippen LogP contribution in [0.25, 0.3) is 0 Å². The Bertz CT molecular complexity index is 412. The summed E-state index contributed by atoms with van der Waals surface area (Å²) in [6.07, 6.45) is 0. The highest BCUT2D eigenvalue weighted by Crippen LogP contribution is 2.12. The number of ether oxygens (including phenoxy) is 1. The number of hydrogen-bond acceptors (Lipinski definition) is 4. The van der Waals surface area contributed by atoms with Gasteiger partial charge in [0.1, 0.15) is 17.3 Å². The van der Waals surface area contributed by atoms with Crippen LogP contribution in [-0.2, 0) is 0 Å². The molecule has 0 saturated heterocycles. The molecule has 0 aliphatic carbocycles. The second kappa shape index (κ2) is 6.84. The van der Waals surface area contributed by atoms with Crippen molar-refractivity contribution in [3.05, 3.63) is 29.8 Å². The second-order valence-electron chi connectivity index (χ2n) is 5.29. The molecule has 0 atom stereocenters. The number of hydrogen-bond donors (Lipinski definition) is 2. The molecule has 0 saturated carbocycles. The fourth-order valence-electron chi connectivity index (χ4n) is 1.77. The van der Waals surface area contributed by atoms with Crippen LogP contribution in [0.5, 0.6) is 5.75 Å². The van der Waals surface area contributed by atoms with Crippen LogP contribution in [0.1, 0.15) is 19.4 Å². The SMILES string of the molecule is CN(CCOc1ccc(C(N)=S)cc1)CC(C)(C)O. The Balaban J connectivity index is 2.35. The molecule has 1 aromatic carbocycles. The lowest BCUT2D eigenvalue weighted by Gasteiger charge is -2.25. The Morgan fingerprint density at radius 3 is 2.42 bits per heavy atom. The van der Waals surface area contributed by atoms with E-state index in [0.717, 1.165) is 17.9 Å². The van der Waals surface area contributed by atoms with Gasteiger partial charge in [-0.25, -0.2) is 0 Å². The van der Waals surface area contributed by atoms with Crippen molar-refractivity contribution in [1.29, 1.82) is 0 Å². The number of thiocarbonyl (C=S) groups is 1. The van der Waals surface area contributed by atoms with Gasteiger partial charge in [0.05, 0.1) is 5.60 Å². The molecule has 19 heavy (non-hydrogen) atoms. The van der Waals surface area contributed by atoms with Gasteiger partial charge in [-0.1, -0.05) is 12.2 Å². The molecule has 1 rings (SSSR count). The van der Waals surface area contributed by atoms with Crippen LogP contribution in [0.3, 0.4) is 0 Å². The van der Waals surface area contributed by atoms with Gasteiger partial charge < -0.3 is 20.5 Å². The average Bonchev–Trinajstić information content (AvgIpc) is 2.27. The number of aliphatic hydroxyl groups is 1. The minimum absolute atomic E-state index is 0.386. The number of benzene rings is 1. The zero-order valence-corrected chi connectivity index (χ0v) is 12.5. The van der Waals surface area contributed by atoms with E-state index in [1.54, 1.807) is 13.8 Å². The summed E-state index contributed by atoms with van der Waals surface area (Å²) in [6, 6.07) is 7.39. The van der Waals surface area contributed by atoms with Gasteiger partial charge in [0.2, 0.25) is 0 Å². The van der Waals surface area contributed by atoms with E-state index in [2.05, 4.69) is 0 Å². The smallest absolute Gasteiger partial charge is 0.119 e. The lowest BCUT2D eigenvalue weighted by molar-refractivity contribution is 0.0411. The molecule has 0 amide bonds. The van der Waals surface area contributed by atoms with E-state index in [9.17, 15) is 5.11 Å². The quantitative estimate of drug-likeness (QED) is 0.740. The Labute approximate surface area is 120 Å².